The number of rotatable bonds is 3. The molecule has 0 bridgehead atoms. The van der Waals surface area contributed by atoms with Crippen molar-refractivity contribution >= 4 is 0 Å². The van der Waals surface area contributed by atoms with Gasteiger partial charge >= 0.3 is 0 Å². The van der Waals surface area contributed by atoms with Gasteiger partial charge in [-0.1, -0.05) is 17.0 Å². The van der Waals surface area contributed by atoms with Crippen LogP contribution in [-0.4, -0.2) is 26.1 Å². The Kier molecular flexibility index (Phi) is 3.90. The molecule has 18 heavy (non-hydrogen) atoms. The lowest BCUT2D eigenvalue weighted by atomic mass is 10.3. The summed E-state index contributed by atoms with van der Waals surface area (Å²) in [5.41, 5.74) is 8.81. The van der Waals surface area contributed by atoms with Crippen molar-refractivity contribution in [2.45, 2.75) is 6.42 Å². The number of aromatic nitrogens is 4. The van der Waals surface area contributed by atoms with Crippen molar-refractivity contribution in [3.8, 4) is 17.8 Å². The summed E-state index contributed by atoms with van der Waals surface area (Å²) in [6.45, 7) is 0.372. The molecule has 0 aliphatic rings. The van der Waals surface area contributed by atoms with Gasteiger partial charge < -0.3 is 0 Å². The number of nitrogens with zero attached hydrogens (tertiary/aromatic N) is 7. The quantitative estimate of drug-likeness (QED) is 0.268. The summed E-state index contributed by atoms with van der Waals surface area (Å²) in [6, 6.07) is 0. The van der Waals surface area contributed by atoms with E-state index in [9.17, 15) is 0 Å². The zero-order valence-corrected chi connectivity index (χ0v) is 9.43. The van der Waals surface area contributed by atoms with Crippen molar-refractivity contribution in [2.24, 2.45) is 5.11 Å². The van der Waals surface area contributed by atoms with Gasteiger partial charge in [0.25, 0.3) is 0 Å². The highest BCUT2D eigenvalue weighted by Gasteiger charge is 1.97. The molecule has 0 aliphatic heterocycles. The van der Waals surface area contributed by atoms with Crippen LogP contribution in [0.4, 0.5) is 0 Å². The van der Waals surface area contributed by atoms with Crippen molar-refractivity contribution in [1.82, 2.24) is 19.5 Å². The summed E-state index contributed by atoms with van der Waals surface area (Å²) in [5, 5.41) is 3.39. The van der Waals surface area contributed by atoms with E-state index < -0.39 is 0 Å². The average Bonchev–Trinajstić information content (AvgIpc) is 2.93. The van der Waals surface area contributed by atoms with Crippen LogP contribution in [0.2, 0.25) is 0 Å². The fraction of sp³-hybridized carbons (Fsp3) is 0.182. The van der Waals surface area contributed by atoms with E-state index in [4.69, 9.17) is 5.53 Å². The standard InChI is InChI=1S/C11H9N7/c12-17-16-4-2-1-3-10-7-14-11(15-8-10)18-6-5-13-9-18/h5-9H,2,4H2. The van der Waals surface area contributed by atoms with Crippen molar-refractivity contribution in [3.63, 3.8) is 0 Å². The second kappa shape index (κ2) is 6.03. The SMILES string of the molecule is [N-]=[N+]=NCCC#Cc1cnc(-n2ccnc2)nc1. The van der Waals surface area contributed by atoms with Crippen molar-refractivity contribution in [3.05, 3.63) is 47.1 Å². The molecule has 0 atom stereocenters. The lowest BCUT2D eigenvalue weighted by molar-refractivity contribution is 0.923. The monoisotopic (exact) mass is 239 g/mol. The minimum atomic E-state index is 0.372. The first-order chi connectivity index (χ1) is 8.90. The van der Waals surface area contributed by atoms with E-state index in [0.29, 0.717) is 18.9 Å². The molecule has 88 valence electrons. The van der Waals surface area contributed by atoms with E-state index in [-0.39, 0.29) is 0 Å². The van der Waals surface area contributed by atoms with Crippen LogP contribution in [0.3, 0.4) is 0 Å². The Morgan fingerprint density at radius 2 is 2.22 bits per heavy atom. The number of azide groups is 1. The van der Waals surface area contributed by atoms with Crippen LogP contribution in [0.1, 0.15) is 12.0 Å². The average molecular weight is 239 g/mol. The molecule has 0 aromatic carbocycles. The molecular weight excluding hydrogens is 230 g/mol. The van der Waals surface area contributed by atoms with Gasteiger partial charge in [-0.25, -0.2) is 15.0 Å². The lowest BCUT2D eigenvalue weighted by Crippen LogP contribution is -1.97. The Labute approximate surface area is 103 Å². The molecule has 0 saturated heterocycles. The predicted molar refractivity (Wildman–Crippen MR) is 64.7 cm³/mol. The summed E-state index contributed by atoms with van der Waals surface area (Å²) < 4.78 is 1.71. The first-order valence-corrected chi connectivity index (χ1v) is 5.20. The van der Waals surface area contributed by atoms with Crippen LogP contribution in [0.25, 0.3) is 16.4 Å². The summed E-state index contributed by atoms with van der Waals surface area (Å²) in [7, 11) is 0. The molecule has 2 rings (SSSR count). The molecule has 0 amide bonds. The third-order valence-corrected chi connectivity index (χ3v) is 2.01. The van der Waals surface area contributed by atoms with Gasteiger partial charge in [0, 0.05) is 42.7 Å². The smallest absolute Gasteiger partial charge is 0.234 e. The van der Waals surface area contributed by atoms with Crippen molar-refractivity contribution < 1.29 is 0 Å². The summed E-state index contributed by atoms with van der Waals surface area (Å²) in [5.74, 6) is 6.32. The molecule has 2 aromatic heterocycles. The predicted octanol–water partition coefficient (Wildman–Crippen LogP) is 1.71. The van der Waals surface area contributed by atoms with E-state index in [2.05, 4.69) is 36.8 Å². The first kappa shape index (κ1) is 11.6. The molecular formula is C11H9N7. The molecule has 0 radical (unpaired) electrons. The minimum Gasteiger partial charge on any atom is -0.274 e. The zero-order chi connectivity index (χ0) is 12.6. The largest absolute Gasteiger partial charge is 0.274 e. The van der Waals surface area contributed by atoms with Gasteiger partial charge in [0.1, 0.15) is 6.33 Å². The van der Waals surface area contributed by atoms with Crippen molar-refractivity contribution in [2.75, 3.05) is 6.54 Å². The number of hydrogen-bond acceptors (Lipinski definition) is 4. The summed E-state index contributed by atoms with van der Waals surface area (Å²) >= 11 is 0. The van der Waals surface area contributed by atoms with Gasteiger partial charge in [-0.05, 0) is 5.53 Å². The Bertz CT molecular complexity index is 597. The fourth-order valence-electron chi connectivity index (χ4n) is 1.21. The molecule has 0 unspecified atom stereocenters. The summed E-state index contributed by atoms with van der Waals surface area (Å²) in [4.78, 5) is 14.9. The maximum Gasteiger partial charge on any atom is 0.234 e. The van der Waals surface area contributed by atoms with E-state index in [1.807, 2.05) is 0 Å². The Balaban J connectivity index is 2.02. The molecule has 0 N–H and O–H groups in total. The highest BCUT2D eigenvalue weighted by atomic mass is 15.2. The van der Waals surface area contributed by atoms with Crippen LogP contribution >= 0.6 is 0 Å². The van der Waals surface area contributed by atoms with E-state index in [0.717, 1.165) is 5.56 Å². The van der Waals surface area contributed by atoms with Gasteiger partial charge in [0.05, 0.1) is 5.56 Å². The zero-order valence-electron chi connectivity index (χ0n) is 9.43. The van der Waals surface area contributed by atoms with Crippen LogP contribution in [0.5, 0.6) is 0 Å². The van der Waals surface area contributed by atoms with Crippen LogP contribution < -0.4 is 0 Å². The maximum atomic E-state index is 8.09. The van der Waals surface area contributed by atoms with Crippen LogP contribution in [-0.2, 0) is 0 Å². The molecule has 0 aliphatic carbocycles. The minimum absolute atomic E-state index is 0.372. The molecule has 2 heterocycles. The Morgan fingerprint density at radius 1 is 1.39 bits per heavy atom. The molecule has 0 fully saturated rings. The van der Waals surface area contributed by atoms with Crippen molar-refractivity contribution in [1.29, 1.82) is 0 Å². The lowest BCUT2D eigenvalue weighted by Gasteiger charge is -1.98. The van der Waals surface area contributed by atoms with Gasteiger partial charge in [-0.2, -0.15) is 0 Å². The second-order valence-corrected chi connectivity index (χ2v) is 3.25. The molecule has 7 nitrogen and oxygen atoms in total. The molecule has 0 saturated carbocycles. The van der Waals surface area contributed by atoms with E-state index >= 15 is 0 Å². The topological polar surface area (TPSA) is 92.4 Å². The first-order valence-electron chi connectivity index (χ1n) is 5.20. The highest BCUT2D eigenvalue weighted by molar-refractivity contribution is 5.31. The normalized spacial score (nSPS) is 9.11. The van der Waals surface area contributed by atoms with Gasteiger partial charge in [0.2, 0.25) is 5.95 Å². The third kappa shape index (κ3) is 3.07. The Hall–Kier alpha value is -2.84. The second-order valence-electron chi connectivity index (χ2n) is 3.25. The molecule has 7 heteroatoms. The number of imidazole rings is 1. The van der Waals surface area contributed by atoms with E-state index in [1.165, 1.54) is 0 Å². The van der Waals surface area contributed by atoms with Gasteiger partial charge in [-0.15, -0.1) is 0 Å². The molecule has 0 spiro atoms. The van der Waals surface area contributed by atoms with Crippen LogP contribution in [0.15, 0.2) is 36.2 Å². The molecule has 2 aromatic rings. The Morgan fingerprint density at radius 3 is 2.89 bits per heavy atom. The summed E-state index contributed by atoms with van der Waals surface area (Å²) in [6.07, 6.45) is 8.85. The van der Waals surface area contributed by atoms with Gasteiger partial charge in [-0.3, -0.25) is 4.57 Å². The highest BCUT2D eigenvalue weighted by Crippen LogP contribution is 1.99. The maximum absolute atomic E-state index is 8.09. The van der Waals surface area contributed by atoms with E-state index in [1.54, 1.807) is 35.7 Å². The fourth-order valence-corrected chi connectivity index (χ4v) is 1.21. The van der Waals surface area contributed by atoms with Crippen LogP contribution in [0, 0.1) is 11.8 Å². The third-order valence-electron chi connectivity index (χ3n) is 2.01. The number of hydrogen-bond donors (Lipinski definition) is 0. The van der Waals surface area contributed by atoms with Gasteiger partial charge in [0.15, 0.2) is 0 Å².